The number of aromatic nitrogens is 4. The molecule has 2 amide bonds. The Labute approximate surface area is 316 Å². The molecule has 13 heteroatoms. The summed E-state index contributed by atoms with van der Waals surface area (Å²) >= 11 is 0. The number of hydrogen-bond donors (Lipinski definition) is 3. The number of amides is 2. The average molecular weight is 731 g/mol. The van der Waals surface area contributed by atoms with Crippen LogP contribution in [0.2, 0.25) is 0 Å². The zero-order valence-electron chi connectivity index (χ0n) is 31.7. The number of nitrogens with zero attached hydrogens (tertiary/aromatic N) is 7. The highest BCUT2D eigenvalue weighted by Gasteiger charge is 2.37. The van der Waals surface area contributed by atoms with E-state index >= 15 is 0 Å². The summed E-state index contributed by atoms with van der Waals surface area (Å²) in [6, 6.07) is 10.6. The van der Waals surface area contributed by atoms with Crippen LogP contribution in [0.15, 0.2) is 55.4 Å². The SMILES string of the molecule is C=CC(=O)Nc1cc(Nc2nc(-c3ccnc(N4CCn5c(cc6c5CC(C)(C)C6)C4=O)c3C)cnc2N)ccc1N1CCN(C2CCOCC2)CC1C. The van der Waals surface area contributed by atoms with Crippen molar-refractivity contribution >= 4 is 46.3 Å². The Balaban J connectivity index is 1.03. The first kappa shape index (κ1) is 35.7. The van der Waals surface area contributed by atoms with Crippen LogP contribution in [0.1, 0.15) is 60.9 Å². The maximum absolute atomic E-state index is 13.9. The number of carbonyl (C=O) groups excluding carboxylic acids is 2. The van der Waals surface area contributed by atoms with Gasteiger partial charge in [0.05, 0.1) is 23.3 Å². The van der Waals surface area contributed by atoms with E-state index in [1.54, 1.807) is 17.3 Å². The van der Waals surface area contributed by atoms with E-state index in [2.05, 4.69) is 68.4 Å². The third-order valence-corrected chi connectivity index (χ3v) is 11.5. The number of nitrogen functional groups attached to an aromatic ring is 1. The molecular formula is C41H50N10O3. The number of pyridine rings is 1. The summed E-state index contributed by atoms with van der Waals surface area (Å²) in [5.41, 5.74) is 14.4. The second kappa shape index (κ2) is 14.2. The Bertz CT molecular complexity index is 2120. The zero-order chi connectivity index (χ0) is 37.7. The van der Waals surface area contributed by atoms with Crippen LogP contribution < -0.4 is 26.2 Å². The second-order valence-corrected chi connectivity index (χ2v) is 15.9. The maximum Gasteiger partial charge on any atom is 0.276 e. The molecule has 54 heavy (non-hydrogen) atoms. The van der Waals surface area contributed by atoms with Crippen LogP contribution in [-0.2, 0) is 28.9 Å². The highest BCUT2D eigenvalue weighted by Crippen LogP contribution is 2.40. The van der Waals surface area contributed by atoms with E-state index in [0.717, 1.165) is 87.6 Å². The van der Waals surface area contributed by atoms with E-state index < -0.39 is 0 Å². The third-order valence-electron chi connectivity index (χ3n) is 11.5. The first-order valence-electron chi connectivity index (χ1n) is 19.0. The lowest BCUT2D eigenvalue weighted by Gasteiger charge is -2.45. The minimum atomic E-state index is -0.291. The minimum Gasteiger partial charge on any atom is -0.381 e. The van der Waals surface area contributed by atoms with Gasteiger partial charge in [0.1, 0.15) is 11.5 Å². The lowest BCUT2D eigenvalue weighted by atomic mass is 9.90. The number of benzene rings is 1. The summed E-state index contributed by atoms with van der Waals surface area (Å²) in [4.78, 5) is 47.3. The predicted octanol–water partition coefficient (Wildman–Crippen LogP) is 5.57. The molecule has 1 unspecified atom stereocenters. The van der Waals surface area contributed by atoms with Gasteiger partial charge in [-0.2, -0.15) is 0 Å². The molecule has 1 atom stereocenters. The molecule has 4 aliphatic rings. The molecule has 0 spiro atoms. The number of piperazine rings is 1. The Morgan fingerprint density at radius 1 is 1.07 bits per heavy atom. The molecule has 13 nitrogen and oxygen atoms in total. The monoisotopic (exact) mass is 730 g/mol. The van der Waals surface area contributed by atoms with Crippen molar-refractivity contribution in [2.24, 2.45) is 5.41 Å². The standard InChI is InChI=1S/C41H50N10O3/c1-6-36(52)46-31-20-28(7-8-33(31)49-14-13-48(24-25(49)2)29-10-17-54-18-11-29)45-38-37(42)44-23-32(47-38)30-9-12-43-39(26(30)3)51-16-15-50-34(40(51)53)19-27-21-41(4,5)22-35(27)50/h6-9,12,19-20,23,25,29H,1,10-11,13-18,21-22,24H2,2-5H3,(H2,42,44)(H,45,47)(H,46,52). The van der Waals surface area contributed by atoms with Crippen molar-refractivity contribution in [1.29, 1.82) is 0 Å². The largest absolute Gasteiger partial charge is 0.381 e. The van der Waals surface area contributed by atoms with Crippen molar-refractivity contribution in [3.05, 3.63) is 77.9 Å². The topological polar surface area (TPSA) is 147 Å². The van der Waals surface area contributed by atoms with E-state index in [4.69, 9.17) is 15.5 Å². The number of carbonyl (C=O) groups is 2. The van der Waals surface area contributed by atoms with E-state index in [0.29, 0.717) is 41.3 Å². The summed E-state index contributed by atoms with van der Waals surface area (Å²) in [6.45, 7) is 18.1. The quantitative estimate of drug-likeness (QED) is 0.197. The number of fused-ring (bicyclic) bond motifs is 3. The minimum absolute atomic E-state index is 0.0367. The molecule has 2 saturated heterocycles. The van der Waals surface area contributed by atoms with Crippen LogP contribution in [0.3, 0.4) is 0 Å². The Morgan fingerprint density at radius 2 is 1.89 bits per heavy atom. The molecule has 6 heterocycles. The van der Waals surface area contributed by atoms with Crippen molar-refractivity contribution in [3.8, 4) is 11.3 Å². The highest BCUT2D eigenvalue weighted by atomic mass is 16.5. The van der Waals surface area contributed by atoms with Gasteiger partial charge >= 0.3 is 0 Å². The van der Waals surface area contributed by atoms with Gasteiger partial charge in [0.15, 0.2) is 11.6 Å². The molecule has 0 saturated carbocycles. The Morgan fingerprint density at radius 3 is 2.67 bits per heavy atom. The van der Waals surface area contributed by atoms with Crippen molar-refractivity contribution < 1.29 is 14.3 Å². The van der Waals surface area contributed by atoms with Gasteiger partial charge in [-0.05, 0) is 86.9 Å². The van der Waals surface area contributed by atoms with Crippen LogP contribution in [0.25, 0.3) is 11.3 Å². The molecule has 3 aromatic heterocycles. The van der Waals surface area contributed by atoms with E-state index in [1.165, 1.54) is 17.3 Å². The van der Waals surface area contributed by atoms with Gasteiger partial charge in [-0.3, -0.25) is 19.4 Å². The van der Waals surface area contributed by atoms with Gasteiger partial charge in [0.2, 0.25) is 5.91 Å². The molecular weight excluding hydrogens is 681 g/mol. The van der Waals surface area contributed by atoms with Crippen LogP contribution in [0.5, 0.6) is 0 Å². The van der Waals surface area contributed by atoms with E-state index in [-0.39, 0.29) is 29.1 Å². The van der Waals surface area contributed by atoms with Gasteiger partial charge in [-0.15, -0.1) is 0 Å². The third kappa shape index (κ3) is 6.70. The van der Waals surface area contributed by atoms with Crippen LogP contribution in [0.4, 0.5) is 34.5 Å². The van der Waals surface area contributed by atoms with Gasteiger partial charge in [-0.25, -0.2) is 15.0 Å². The second-order valence-electron chi connectivity index (χ2n) is 15.9. The highest BCUT2D eigenvalue weighted by molar-refractivity contribution is 6.06. The van der Waals surface area contributed by atoms with Crippen molar-refractivity contribution in [2.45, 2.75) is 72.0 Å². The summed E-state index contributed by atoms with van der Waals surface area (Å²) in [5.74, 6) is 0.889. The van der Waals surface area contributed by atoms with E-state index in [9.17, 15) is 9.59 Å². The molecule has 282 valence electrons. The average Bonchev–Trinajstić information content (AvgIpc) is 3.65. The maximum atomic E-state index is 13.9. The molecule has 0 radical (unpaired) electrons. The number of nitrogens with two attached hydrogens (primary N) is 1. The normalized spacial score (nSPS) is 20.1. The number of rotatable bonds is 8. The molecule has 3 aliphatic heterocycles. The number of anilines is 6. The lowest BCUT2D eigenvalue weighted by molar-refractivity contribution is -0.111. The number of hydrogen-bond acceptors (Lipinski definition) is 10. The van der Waals surface area contributed by atoms with Gasteiger partial charge in [-0.1, -0.05) is 20.4 Å². The molecule has 4 N–H and O–H groups in total. The smallest absolute Gasteiger partial charge is 0.276 e. The molecule has 2 fully saturated rings. The van der Waals surface area contributed by atoms with Crippen molar-refractivity contribution in [2.75, 3.05) is 65.6 Å². The van der Waals surface area contributed by atoms with Crippen LogP contribution >= 0.6 is 0 Å². The van der Waals surface area contributed by atoms with E-state index in [1.807, 2.05) is 31.2 Å². The summed E-state index contributed by atoms with van der Waals surface area (Å²) < 4.78 is 7.81. The molecule has 4 aromatic rings. The first-order chi connectivity index (χ1) is 26.0. The fraction of sp³-hybridized carbons (Fsp3) is 0.439. The summed E-state index contributed by atoms with van der Waals surface area (Å²) in [6.07, 6.45) is 8.73. The number of ether oxygens (including phenoxy) is 1. The molecule has 8 rings (SSSR count). The predicted molar refractivity (Wildman–Crippen MR) is 212 cm³/mol. The molecule has 1 aromatic carbocycles. The Hall–Kier alpha value is -5.27. The first-order valence-corrected chi connectivity index (χ1v) is 19.0. The number of nitrogens with one attached hydrogen (secondary N) is 2. The van der Waals surface area contributed by atoms with Gasteiger partial charge in [0, 0.05) is 86.7 Å². The summed E-state index contributed by atoms with van der Waals surface area (Å²) in [5, 5.41) is 6.37. The summed E-state index contributed by atoms with van der Waals surface area (Å²) in [7, 11) is 0. The Kier molecular flexibility index (Phi) is 9.39. The van der Waals surface area contributed by atoms with Crippen LogP contribution in [-0.4, -0.2) is 87.7 Å². The molecule has 0 bridgehead atoms. The van der Waals surface area contributed by atoms with Gasteiger partial charge < -0.3 is 30.6 Å². The lowest BCUT2D eigenvalue weighted by Crippen LogP contribution is -2.56. The van der Waals surface area contributed by atoms with Crippen molar-refractivity contribution in [3.63, 3.8) is 0 Å². The van der Waals surface area contributed by atoms with Crippen molar-refractivity contribution in [1.82, 2.24) is 24.4 Å². The fourth-order valence-electron chi connectivity index (χ4n) is 8.82. The van der Waals surface area contributed by atoms with Gasteiger partial charge in [0.25, 0.3) is 5.91 Å². The fourth-order valence-corrected chi connectivity index (χ4v) is 8.82. The van der Waals surface area contributed by atoms with Crippen LogP contribution in [0, 0.1) is 12.3 Å². The molecule has 1 aliphatic carbocycles. The zero-order valence-corrected chi connectivity index (χ0v) is 31.7.